The van der Waals surface area contributed by atoms with Crippen molar-refractivity contribution in [3.05, 3.63) is 211 Å². The highest BCUT2D eigenvalue weighted by molar-refractivity contribution is 6.15. The minimum Gasteiger partial charge on any atom is -0.455 e. The maximum Gasteiger partial charge on any atom is 0.143 e. The summed E-state index contributed by atoms with van der Waals surface area (Å²) in [5.74, 6) is 0. The summed E-state index contributed by atoms with van der Waals surface area (Å²) in [5.41, 5.74) is 11.1. The van der Waals surface area contributed by atoms with Crippen molar-refractivity contribution in [1.82, 2.24) is 0 Å². The number of fused-ring (bicyclic) bond motifs is 6. The van der Waals surface area contributed by atoms with Gasteiger partial charge in [-0.25, -0.2) is 0 Å². The number of benzene rings is 6. The summed E-state index contributed by atoms with van der Waals surface area (Å²) >= 11 is 0. The molecule has 0 atom stereocenters. The topological polar surface area (TPSA) is 16.4 Å². The molecule has 1 aliphatic rings. The molecule has 0 saturated carbocycles. The van der Waals surface area contributed by atoms with E-state index in [2.05, 4.69) is 201 Å². The molecular weight excluding hydrogens is 619 g/mol. The van der Waals surface area contributed by atoms with Gasteiger partial charge in [-0.2, -0.15) is 0 Å². The van der Waals surface area contributed by atoms with E-state index >= 15 is 0 Å². The molecule has 1 aliphatic carbocycles. The second kappa shape index (κ2) is 13.5. The molecule has 2 nitrogen and oxygen atoms in total. The van der Waals surface area contributed by atoms with E-state index in [4.69, 9.17) is 4.42 Å². The van der Waals surface area contributed by atoms with Crippen molar-refractivity contribution in [2.45, 2.75) is 19.3 Å². The third-order valence-corrected chi connectivity index (χ3v) is 9.92. The van der Waals surface area contributed by atoms with Crippen molar-refractivity contribution in [2.75, 3.05) is 4.90 Å². The number of rotatable bonds is 9. The van der Waals surface area contributed by atoms with Crippen molar-refractivity contribution in [1.29, 1.82) is 0 Å². The van der Waals surface area contributed by atoms with Crippen LogP contribution in [-0.2, 0) is 5.41 Å². The van der Waals surface area contributed by atoms with E-state index in [0.29, 0.717) is 0 Å². The Bertz CT molecular complexity index is 2570. The molecule has 8 rings (SSSR count). The molecule has 0 radical (unpaired) electrons. The van der Waals surface area contributed by atoms with Gasteiger partial charge in [0.2, 0.25) is 0 Å². The van der Waals surface area contributed by atoms with Gasteiger partial charge in [0, 0.05) is 39.0 Å². The van der Waals surface area contributed by atoms with Gasteiger partial charge in [0.1, 0.15) is 11.2 Å². The summed E-state index contributed by atoms with van der Waals surface area (Å²) in [6, 6.07) is 47.0. The highest BCUT2D eigenvalue weighted by Gasteiger charge is 2.30. The summed E-state index contributed by atoms with van der Waals surface area (Å²) < 4.78 is 6.43. The Morgan fingerprint density at radius 2 is 1.49 bits per heavy atom. The number of allylic oxidation sites excluding steroid dienone is 7. The second-order valence-electron chi connectivity index (χ2n) is 13.5. The van der Waals surface area contributed by atoms with Gasteiger partial charge in [0.15, 0.2) is 0 Å². The minimum absolute atomic E-state index is 0.0551. The van der Waals surface area contributed by atoms with E-state index in [9.17, 15) is 0 Å². The largest absolute Gasteiger partial charge is 0.455 e. The molecule has 0 spiro atoms. The summed E-state index contributed by atoms with van der Waals surface area (Å²) in [5, 5.41) is 4.51. The van der Waals surface area contributed by atoms with Crippen LogP contribution in [0.15, 0.2) is 198 Å². The van der Waals surface area contributed by atoms with Gasteiger partial charge in [0.25, 0.3) is 0 Å². The predicted molar refractivity (Wildman–Crippen MR) is 219 cm³/mol. The van der Waals surface area contributed by atoms with Crippen molar-refractivity contribution in [2.24, 2.45) is 0 Å². The summed E-state index contributed by atoms with van der Waals surface area (Å²) in [7, 11) is 0. The SMILES string of the molecule is C=C/C=C\C(=C\c1ccc2oc3c4ccccc4ccc3c2c1)N(/C=C/C=C\C1=Cc2ccccc2C1(C)C)c1ccccc1-c1ccccc1. The van der Waals surface area contributed by atoms with E-state index in [1.807, 2.05) is 12.2 Å². The van der Waals surface area contributed by atoms with Crippen LogP contribution in [0.1, 0.15) is 30.5 Å². The van der Waals surface area contributed by atoms with E-state index in [1.54, 1.807) is 0 Å². The zero-order chi connectivity index (χ0) is 34.8. The van der Waals surface area contributed by atoms with Gasteiger partial charge in [-0.05, 0) is 75.7 Å². The molecule has 7 aromatic rings. The van der Waals surface area contributed by atoms with Crippen LogP contribution in [0.2, 0.25) is 0 Å². The van der Waals surface area contributed by atoms with Gasteiger partial charge in [-0.1, -0.05) is 160 Å². The van der Waals surface area contributed by atoms with E-state index in [0.717, 1.165) is 55.4 Å². The van der Waals surface area contributed by atoms with Crippen LogP contribution >= 0.6 is 0 Å². The Balaban J connectivity index is 1.24. The van der Waals surface area contributed by atoms with Gasteiger partial charge in [0.05, 0.1) is 5.69 Å². The number of hydrogen-bond acceptors (Lipinski definition) is 2. The molecule has 1 heterocycles. The van der Waals surface area contributed by atoms with Crippen LogP contribution in [0.5, 0.6) is 0 Å². The molecule has 6 aromatic carbocycles. The van der Waals surface area contributed by atoms with E-state index < -0.39 is 0 Å². The highest BCUT2D eigenvalue weighted by atomic mass is 16.3. The molecule has 51 heavy (non-hydrogen) atoms. The third-order valence-electron chi connectivity index (χ3n) is 9.92. The Kier molecular flexibility index (Phi) is 8.43. The molecule has 0 N–H and O–H groups in total. The molecule has 0 unspecified atom stereocenters. The van der Waals surface area contributed by atoms with Crippen LogP contribution < -0.4 is 4.90 Å². The first kappa shape index (κ1) is 31.9. The molecule has 246 valence electrons. The fourth-order valence-electron chi connectivity index (χ4n) is 7.25. The van der Waals surface area contributed by atoms with Crippen LogP contribution in [0.25, 0.3) is 56.0 Å². The molecule has 0 saturated heterocycles. The monoisotopic (exact) mass is 657 g/mol. The number of para-hydroxylation sites is 1. The lowest BCUT2D eigenvalue weighted by Gasteiger charge is -2.25. The van der Waals surface area contributed by atoms with Crippen molar-refractivity contribution in [3.8, 4) is 11.1 Å². The van der Waals surface area contributed by atoms with E-state index in [1.165, 1.54) is 22.1 Å². The van der Waals surface area contributed by atoms with E-state index in [-0.39, 0.29) is 5.41 Å². The average Bonchev–Trinajstić information content (AvgIpc) is 3.67. The summed E-state index contributed by atoms with van der Waals surface area (Å²) in [6.07, 6.45) is 19.2. The number of nitrogens with zero attached hydrogens (tertiary/aromatic N) is 1. The van der Waals surface area contributed by atoms with Crippen LogP contribution in [0, 0.1) is 0 Å². The van der Waals surface area contributed by atoms with Gasteiger partial charge >= 0.3 is 0 Å². The molecule has 0 aliphatic heterocycles. The quantitative estimate of drug-likeness (QED) is 0.144. The van der Waals surface area contributed by atoms with Crippen molar-refractivity contribution in [3.63, 3.8) is 0 Å². The first-order valence-corrected chi connectivity index (χ1v) is 17.5. The lowest BCUT2D eigenvalue weighted by Crippen LogP contribution is -2.16. The molecule has 1 aromatic heterocycles. The number of furan rings is 1. The van der Waals surface area contributed by atoms with Gasteiger partial charge in [-0.15, -0.1) is 0 Å². The van der Waals surface area contributed by atoms with Gasteiger partial charge < -0.3 is 9.32 Å². The first-order chi connectivity index (χ1) is 25.0. The van der Waals surface area contributed by atoms with Crippen LogP contribution in [0.3, 0.4) is 0 Å². The maximum atomic E-state index is 6.43. The second-order valence-corrected chi connectivity index (χ2v) is 13.5. The number of hydrogen-bond donors (Lipinski definition) is 0. The zero-order valence-electron chi connectivity index (χ0n) is 29.0. The Labute approximate surface area is 300 Å². The Morgan fingerprint density at radius 1 is 0.706 bits per heavy atom. The minimum atomic E-state index is -0.0551. The van der Waals surface area contributed by atoms with Crippen LogP contribution in [0.4, 0.5) is 5.69 Å². The first-order valence-electron chi connectivity index (χ1n) is 17.5. The Morgan fingerprint density at radius 3 is 2.35 bits per heavy atom. The highest BCUT2D eigenvalue weighted by Crippen LogP contribution is 2.42. The normalized spacial score (nSPS) is 14.3. The van der Waals surface area contributed by atoms with Crippen LogP contribution in [-0.4, -0.2) is 0 Å². The molecule has 0 fully saturated rings. The molecule has 0 amide bonds. The summed E-state index contributed by atoms with van der Waals surface area (Å²) in [4.78, 5) is 2.26. The van der Waals surface area contributed by atoms with Crippen molar-refractivity contribution >= 4 is 50.6 Å². The summed E-state index contributed by atoms with van der Waals surface area (Å²) in [6.45, 7) is 8.59. The molecule has 2 heteroatoms. The standard InChI is InChI=1S/C49H39NO/c1-4-5-22-40(32-35-27-30-47-44(33-35)43-29-28-37-19-9-11-24-42(37)48(43)51-47)50(46-26-14-12-23-41(46)36-17-7-6-8-18-36)31-16-15-21-39-34-38-20-10-13-25-45(38)49(39,2)3/h4-34H,1H2,2-3H3/b21-15-,22-5-,31-16+,40-32-. The Hall–Kier alpha value is -6.38. The average molecular weight is 658 g/mol. The fourth-order valence-corrected chi connectivity index (χ4v) is 7.25. The maximum absolute atomic E-state index is 6.43. The van der Waals surface area contributed by atoms with Gasteiger partial charge in [-0.3, -0.25) is 0 Å². The zero-order valence-corrected chi connectivity index (χ0v) is 29.0. The lowest BCUT2D eigenvalue weighted by molar-refractivity contribution is 0.655. The van der Waals surface area contributed by atoms with Crippen molar-refractivity contribution < 1.29 is 4.42 Å². The fraction of sp³-hybridized carbons (Fsp3) is 0.0612. The molecular formula is C49H39NO. The predicted octanol–water partition coefficient (Wildman–Crippen LogP) is 13.4. The lowest BCUT2D eigenvalue weighted by atomic mass is 9.81. The third kappa shape index (κ3) is 6.06. The molecule has 0 bridgehead atoms. The smallest absolute Gasteiger partial charge is 0.143 e. The number of anilines is 1.